The standard InChI is InChI=1S/C18H28N6O2S/c1-4-5-16-20-14(12-27-16)17(25)19-13-6-7-15-21-24(11-10-22(2)3)18(26)23(15)9-8-13/h12-13H,4-11H2,1-3H3,(H,19,25). The van der Waals surface area contributed by atoms with Crippen LogP contribution >= 0.6 is 11.3 Å². The molecule has 27 heavy (non-hydrogen) atoms. The molecule has 8 nitrogen and oxygen atoms in total. The van der Waals surface area contributed by atoms with Crippen LogP contribution in [0.25, 0.3) is 0 Å². The Hall–Kier alpha value is -2.00. The Bertz CT molecular complexity index is 837. The van der Waals surface area contributed by atoms with Crippen molar-refractivity contribution in [3.8, 4) is 0 Å². The van der Waals surface area contributed by atoms with E-state index in [0.29, 0.717) is 25.2 Å². The molecule has 0 bridgehead atoms. The molecular formula is C18H28N6O2S. The van der Waals surface area contributed by atoms with E-state index in [1.54, 1.807) is 9.25 Å². The number of rotatable bonds is 7. The molecule has 3 heterocycles. The summed E-state index contributed by atoms with van der Waals surface area (Å²) in [4.78, 5) is 31.5. The fraction of sp³-hybridized carbons (Fsp3) is 0.667. The lowest BCUT2D eigenvalue weighted by Gasteiger charge is -2.15. The highest BCUT2D eigenvalue weighted by atomic mass is 32.1. The molecule has 0 saturated carbocycles. The molecule has 0 spiro atoms. The second kappa shape index (κ2) is 8.79. The van der Waals surface area contributed by atoms with E-state index in [9.17, 15) is 9.59 Å². The minimum absolute atomic E-state index is 0.0325. The monoisotopic (exact) mass is 392 g/mol. The fourth-order valence-electron chi connectivity index (χ4n) is 3.22. The molecule has 1 aliphatic rings. The molecular weight excluding hydrogens is 364 g/mol. The van der Waals surface area contributed by atoms with E-state index < -0.39 is 0 Å². The van der Waals surface area contributed by atoms with Crippen molar-refractivity contribution in [3.63, 3.8) is 0 Å². The Kier molecular flexibility index (Phi) is 6.43. The topological polar surface area (TPSA) is 85.1 Å². The second-order valence-corrected chi connectivity index (χ2v) is 8.19. The van der Waals surface area contributed by atoms with Crippen molar-refractivity contribution in [2.45, 2.75) is 58.2 Å². The SMILES string of the molecule is CCCc1nc(C(=O)NC2CCc3nn(CCN(C)C)c(=O)n3CC2)cs1. The van der Waals surface area contributed by atoms with Gasteiger partial charge in [-0.1, -0.05) is 6.92 Å². The van der Waals surface area contributed by atoms with Gasteiger partial charge in [-0.05, 0) is 39.8 Å². The van der Waals surface area contributed by atoms with Gasteiger partial charge in [0.15, 0.2) is 0 Å². The van der Waals surface area contributed by atoms with Crippen molar-refractivity contribution >= 4 is 17.2 Å². The van der Waals surface area contributed by atoms with Gasteiger partial charge in [-0.25, -0.2) is 14.5 Å². The van der Waals surface area contributed by atoms with Crippen LogP contribution in [0.4, 0.5) is 0 Å². The van der Waals surface area contributed by atoms with Crippen molar-refractivity contribution in [3.05, 3.63) is 32.4 Å². The minimum atomic E-state index is -0.124. The van der Waals surface area contributed by atoms with Gasteiger partial charge in [0.05, 0.1) is 11.6 Å². The van der Waals surface area contributed by atoms with E-state index >= 15 is 0 Å². The molecule has 9 heteroatoms. The summed E-state index contributed by atoms with van der Waals surface area (Å²) >= 11 is 1.54. The predicted molar refractivity (Wildman–Crippen MR) is 105 cm³/mol. The Morgan fingerprint density at radius 2 is 2.22 bits per heavy atom. The second-order valence-electron chi connectivity index (χ2n) is 7.25. The number of carbonyl (C=O) groups is 1. The van der Waals surface area contributed by atoms with Gasteiger partial charge >= 0.3 is 5.69 Å². The van der Waals surface area contributed by atoms with E-state index in [-0.39, 0.29) is 17.6 Å². The zero-order valence-electron chi connectivity index (χ0n) is 16.3. The number of nitrogens with one attached hydrogen (secondary N) is 1. The highest BCUT2D eigenvalue weighted by molar-refractivity contribution is 7.09. The number of thiazole rings is 1. The van der Waals surface area contributed by atoms with Crippen LogP contribution in [0, 0.1) is 0 Å². The third-order valence-electron chi connectivity index (χ3n) is 4.76. The number of carbonyl (C=O) groups excluding carboxylic acids is 1. The predicted octanol–water partition coefficient (Wildman–Crippen LogP) is 1.15. The van der Waals surface area contributed by atoms with E-state index in [0.717, 1.165) is 43.1 Å². The lowest BCUT2D eigenvalue weighted by molar-refractivity contribution is 0.0928. The maximum absolute atomic E-state index is 12.5. The number of aromatic nitrogens is 4. The third-order valence-corrected chi connectivity index (χ3v) is 5.67. The van der Waals surface area contributed by atoms with Crippen LogP contribution in [0.15, 0.2) is 10.2 Å². The van der Waals surface area contributed by atoms with Gasteiger partial charge in [-0.3, -0.25) is 9.36 Å². The van der Waals surface area contributed by atoms with E-state index in [1.807, 2.05) is 24.4 Å². The molecule has 1 N–H and O–H groups in total. The molecule has 0 aliphatic carbocycles. The lowest BCUT2D eigenvalue weighted by atomic mass is 10.1. The van der Waals surface area contributed by atoms with Crippen molar-refractivity contribution in [2.75, 3.05) is 20.6 Å². The van der Waals surface area contributed by atoms with Crippen LogP contribution in [0.5, 0.6) is 0 Å². The Balaban J connectivity index is 1.59. The smallest absolute Gasteiger partial charge is 0.345 e. The Labute approximate surface area is 163 Å². The van der Waals surface area contributed by atoms with Crippen LogP contribution in [0.2, 0.25) is 0 Å². The van der Waals surface area contributed by atoms with Crippen molar-refractivity contribution in [1.82, 2.24) is 29.5 Å². The maximum atomic E-state index is 12.5. The molecule has 0 radical (unpaired) electrons. The van der Waals surface area contributed by atoms with Crippen molar-refractivity contribution in [2.24, 2.45) is 0 Å². The van der Waals surface area contributed by atoms with Gasteiger partial charge in [0.2, 0.25) is 0 Å². The minimum Gasteiger partial charge on any atom is -0.348 e. The molecule has 0 saturated heterocycles. The van der Waals surface area contributed by atoms with Crippen LogP contribution in [0.3, 0.4) is 0 Å². The quantitative estimate of drug-likeness (QED) is 0.764. The van der Waals surface area contributed by atoms with Gasteiger partial charge in [0, 0.05) is 30.9 Å². The van der Waals surface area contributed by atoms with Gasteiger partial charge in [0.25, 0.3) is 5.91 Å². The van der Waals surface area contributed by atoms with Gasteiger partial charge in [-0.2, -0.15) is 5.10 Å². The summed E-state index contributed by atoms with van der Waals surface area (Å²) in [5, 5.41) is 10.4. The molecule has 3 rings (SSSR count). The first-order chi connectivity index (χ1) is 13.0. The maximum Gasteiger partial charge on any atom is 0.345 e. The highest BCUT2D eigenvalue weighted by Gasteiger charge is 2.23. The number of amides is 1. The normalized spacial score (nSPS) is 17.0. The van der Waals surface area contributed by atoms with Crippen molar-refractivity contribution < 1.29 is 4.79 Å². The molecule has 148 valence electrons. The summed E-state index contributed by atoms with van der Waals surface area (Å²) in [6.45, 7) is 4.06. The van der Waals surface area contributed by atoms with Crippen LogP contribution in [-0.2, 0) is 25.9 Å². The summed E-state index contributed by atoms with van der Waals surface area (Å²) in [7, 11) is 3.96. The molecule has 1 aliphatic heterocycles. The first-order valence-corrected chi connectivity index (χ1v) is 10.4. The number of hydrogen-bond donors (Lipinski definition) is 1. The Morgan fingerprint density at radius 3 is 2.96 bits per heavy atom. The zero-order chi connectivity index (χ0) is 19.4. The van der Waals surface area contributed by atoms with Crippen LogP contribution < -0.4 is 11.0 Å². The molecule has 1 unspecified atom stereocenters. The van der Waals surface area contributed by atoms with Crippen LogP contribution in [-0.4, -0.2) is 56.8 Å². The lowest BCUT2D eigenvalue weighted by Crippen LogP contribution is -2.36. The summed E-state index contributed by atoms with van der Waals surface area (Å²) in [6, 6.07) is 0.0325. The van der Waals surface area contributed by atoms with E-state index in [1.165, 1.54) is 11.3 Å². The first-order valence-electron chi connectivity index (χ1n) is 9.54. The number of nitrogens with zero attached hydrogens (tertiary/aromatic N) is 5. The number of fused-ring (bicyclic) bond motifs is 1. The Morgan fingerprint density at radius 1 is 1.41 bits per heavy atom. The fourth-order valence-corrected chi connectivity index (χ4v) is 4.10. The zero-order valence-corrected chi connectivity index (χ0v) is 17.1. The number of likely N-dealkylation sites (N-methyl/N-ethyl adjacent to an activating group) is 1. The average Bonchev–Trinajstić information content (AvgIpc) is 3.15. The largest absolute Gasteiger partial charge is 0.348 e. The average molecular weight is 393 g/mol. The third kappa shape index (κ3) is 4.84. The molecule has 0 fully saturated rings. The number of hydrogen-bond acceptors (Lipinski definition) is 6. The van der Waals surface area contributed by atoms with Gasteiger partial charge in [-0.15, -0.1) is 11.3 Å². The van der Waals surface area contributed by atoms with Crippen LogP contribution in [0.1, 0.15) is 47.5 Å². The van der Waals surface area contributed by atoms with E-state index in [2.05, 4.69) is 22.3 Å². The highest BCUT2D eigenvalue weighted by Crippen LogP contribution is 2.15. The van der Waals surface area contributed by atoms with Gasteiger partial charge in [0.1, 0.15) is 11.5 Å². The molecule has 2 aromatic heterocycles. The summed E-state index contributed by atoms with van der Waals surface area (Å²) in [5.74, 6) is 0.691. The summed E-state index contributed by atoms with van der Waals surface area (Å²) in [6.07, 6.45) is 4.12. The first kappa shape index (κ1) is 19.8. The molecule has 0 aromatic carbocycles. The van der Waals surface area contributed by atoms with Gasteiger partial charge < -0.3 is 10.2 Å². The summed E-state index contributed by atoms with van der Waals surface area (Å²) in [5.41, 5.74) is 0.444. The summed E-state index contributed by atoms with van der Waals surface area (Å²) < 4.78 is 3.31. The molecule has 1 amide bonds. The molecule has 1 atom stereocenters. The van der Waals surface area contributed by atoms with E-state index in [4.69, 9.17) is 0 Å². The number of aryl methyl sites for hydroxylation is 2. The van der Waals surface area contributed by atoms with Crippen molar-refractivity contribution in [1.29, 1.82) is 0 Å². The molecule has 2 aromatic rings.